The number of nitrogens with zero attached hydrogens (tertiary/aromatic N) is 1. The van der Waals surface area contributed by atoms with Crippen LogP contribution in [0.5, 0.6) is 5.75 Å². The zero-order valence-electron chi connectivity index (χ0n) is 16.6. The summed E-state index contributed by atoms with van der Waals surface area (Å²) in [4.78, 5) is 26.6. The highest BCUT2D eigenvalue weighted by Crippen LogP contribution is 2.19. The predicted molar refractivity (Wildman–Crippen MR) is 113 cm³/mol. The van der Waals surface area contributed by atoms with E-state index in [4.69, 9.17) is 4.74 Å². The molecule has 28 heavy (non-hydrogen) atoms. The maximum atomic E-state index is 12.2. The standard InChI is InChI=1S/C22H27N3O3/c1-5-25(6-2)18-13-11-17(12-14-18)24-21(26)15-28-20-10-8-7-9-19(20)22(27)23-16(3)4/h7-14H,3,5-6,15H2,1-2,4H3,(H,23,27)(H,24,26). The van der Waals surface area contributed by atoms with E-state index in [2.05, 4.69) is 36.0 Å². The van der Waals surface area contributed by atoms with Crippen molar-refractivity contribution in [1.29, 1.82) is 0 Å². The van der Waals surface area contributed by atoms with Gasteiger partial charge in [0, 0.05) is 30.2 Å². The lowest BCUT2D eigenvalue weighted by Gasteiger charge is -2.21. The van der Waals surface area contributed by atoms with Crippen molar-refractivity contribution in [3.05, 3.63) is 66.4 Å². The molecule has 2 rings (SSSR count). The SMILES string of the molecule is C=C(C)NC(=O)c1ccccc1OCC(=O)Nc1ccc(N(CC)CC)cc1. The number of carbonyl (C=O) groups excluding carboxylic acids is 2. The van der Waals surface area contributed by atoms with Crippen LogP contribution in [0, 0.1) is 0 Å². The number of anilines is 2. The molecule has 0 unspecified atom stereocenters. The summed E-state index contributed by atoms with van der Waals surface area (Å²) < 4.78 is 5.56. The van der Waals surface area contributed by atoms with E-state index < -0.39 is 0 Å². The van der Waals surface area contributed by atoms with Gasteiger partial charge in [-0.25, -0.2) is 0 Å². The van der Waals surface area contributed by atoms with Gasteiger partial charge in [0.1, 0.15) is 5.75 Å². The number of rotatable bonds is 9. The second-order valence-corrected chi connectivity index (χ2v) is 6.29. The second kappa shape index (κ2) is 10.2. The summed E-state index contributed by atoms with van der Waals surface area (Å²) >= 11 is 0. The number of hydrogen-bond donors (Lipinski definition) is 2. The third kappa shape index (κ3) is 5.87. The van der Waals surface area contributed by atoms with Crippen LogP contribution in [-0.2, 0) is 4.79 Å². The Bertz CT molecular complexity index is 827. The van der Waals surface area contributed by atoms with Gasteiger partial charge in [-0.15, -0.1) is 0 Å². The van der Waals surface area contributed by atoms with Crippen molar-refractivity contribution in [1.82, 2.24) is 5.32 Å². The lowest BCUT2D eigenvalue weighted by Crippen LogP contribution is -2.24. The number of para-hydroxylation sites is 1. The Morgan fingerprint density at radius 1 is 1.04 bits per heavy atom. The van der Waals surface area contributed by atoms with Gasteiger partial charge in [-0.2, -0.15) is 0 Å². The number of benzene rings is 2. The Morgan fingerprint density at radius 2 is 1.68 bits per heavy atom. The normalized spacial score (nSPS) is 10.1. The van der Waals surface area contributed by atoms with Crippen molar-refractivity contribution >= 4 is 23.2 Å². The Labute approximate surface area is 166 Å². The number of carbonyl (C=O) groups is 2. The van der Waals surface area contributed by atoms with Crippen molar-refractivity contribution in [3.8, 4) is 5.75 Å². The summed E-state index contributed by atoms with van der Waals surface area (Å²) in [6.07, 6.45) is 0. The molecule has 0 aliphatic carbocycles. The van der Waals surface area contributed by atoms with Crippen molar-refractivity contribution in [2.45, 2.75) is 20.8 Å². The average Bonchev–Trinajstić information content (AvgIpc) is 2.68. The first-order valence-electron chi connectivity index (χ1n) is 9.28. The quantitative estimate of drug-likeness (QED) is 0.693. The smallest absolute Gasteiger partial charge is 0.262 e. The zero-order chi connectivity index (χ0) is 20.5. The number of nitrogens with one attached hydrogen (secondary N) is 2. The Hall–Kier alpha value is -3.28. The highest BCUT2D eigenvalue weighted by atomic mass is 16.5. The third-order valence-corrected chi connectivity index (χ3v) is 4.10. The minimum Gasteiger partial charge on any atom is -0.483 e. The van der Waals surface area contributed by atoms with Gasteiger partial charge in [-0.05, 0) is 57.2 Å². The Morgan fingerprint density at radius 3 is 2.29 bits per heavy atom. The Kier molecular flexibility index (Phi) is 7.63. The molecule has 6 nitrogen and oxygen atoms in total. The summed E-state index contributed by atoms with van der Waals surface area (Å²) in [6, 6.07) is 14.4. The van der Waals surface area contributed by atoms with Crippen molar-refractivity contribution in [3.63, 3.8) is 0 Å². The monoisotopic (exact) mass is 381 g/mol. The third-order valence-electron chi connectivity index (χ3n) is 4.10. The lowest BCUT2D eigenvalue weighted by molar-refractivity contribution is -0.118. The van der Waals surface area contributed by atoms with E-state index in [9.17, 15) is 9.59 Å². The van der Waals surface area contributed by atoms with Gasteiger partial charge in [0.2, 0.25) is 0 Å². The molecule has 2 aromatic rings. The molecular weight excluding hydrogens is 354 g/mol. The van der Waals surface area contributed by atoms with E-state index in [-0.39, 0.29) is 18.4 Å². The topological polar surface area (TPSA) is 70.7 Å². The second-order valence-electron chi connectivity index (χ2n) is 6.29. The number of ether oxygens (including phenoxy) is 1. The molecular formula is C22H27N3O3. The fraction of sp³-hybridized carbons (Fsp3) is 0.273. The molecule has 0 saturated heterocycles. The van der Waals surface area contributed by atoms with Crippen molar-refractivity contribution < 1.29 is 14.3 Å². The zero-order valence-corrected chi connectivity index (χ0v) is 16.6. The highest BCUT2D eigenvalue weighted by Gasteiger charge is 2.13. The molecule has 0 aliphatic rings. The van der Waals surface area contributed by atoms with E-state index in [1.165, 1.54) is 0 Å². The van der Waals surface area contributed by atoms with Gasteiger partial charge < -0.3 is 20.3 Å². The molecule has 0 aromatic heterocycles. The number of allylic oxidation sites excluding steroid dienone is 1. The summed E-state index contributed by atoms with van der Waals surface area (Å²) in [5.41, 5.74) is 2.68. The fourth-order valence-corrected chi connectivity index (χ4v) is 2.73. The van der Waals surface area contributed by atoms with Crippen LogP contribution < -0.4 is 20.3 Å². The van der Waals surface area contributed by atoms with E-state index in [0.717, 1.165) is 18.8 Å². The molecule has 0 bridgehead atoms. The minimum absolute atomic E-state index is 0.199. The van der Waals surface area contributed by atoms with Gasteiger partial charge in [-0.3, -0.25) is 9.59 Å². The molecule has 0 heterocycles. The summed E-state index contributed by atoms with van der Waals surface area (Å²) in [6.45, 7) is 11.2. The molecule has 2 amide bonds. The molecule has 2 aromatic carbocycles. The van der Waals surface area contributed by atoms with E-state index in [1.807, 2.05) is 24.3 Å². The van der Waals surface area contributed by atoms with Gasteiger partial charge in [0.15, 0.2) is 6.61 Å². The first-order valence-corrected chi connectivity index (χ1v) is 9.28. The molecule has 2 N–H and O–H groups in total. The van der Waals surface area contributed by atoms with Crippen LogP contribution in [0.3, 0.4) is 0 Å². The maximum Gasteiger partial charge on any atom is 0.262 e. The highest BCUT2D eigenvalue weighted by molar-refractivity contribution is 5.98. The molecule has 148 valence electrons. The van der Waals surface area contributed by atoms with Crippen LogP contribution in [0.4, 0.5) is 11.4 Å². The van der Waals surface area contributed by atoms with Gasteiger partial charge in [0.25, 0.3) is 11.8 Å². The van der Waals surface area contributed by atoms with Crippen molar-refractivity contribution in [2.24, 2.45) is 0 Å². The van der Waals surface area contributed by atoms with Crippen LogP contribution >= 0.6 is 0 Å². The van der Waals surface area contributed by atoms with Gasteiger partial charge >= 0.3 is 0 Å². The van der Waals surface area contributed by atoms with Gasteiger partial charge in [0.05, 0.1) is 5.56 Å². The lowest BCUT2D eigenvalue weighted by atomic mass is 10.2. The number of hydrogen-bond acceptors (Lipinski definition) is 4. The first-order chi connectivity index (χ1) is 13.4. The Balaban J connectivity index is 1.96. The minimum atomic E-state index is -0.324. The summed E-state index contributed by atoms with van der Waals surface area (Å²) in [5, 5.41) is 5.43. The molecule has 0 radical (unpaired) electrons. The number of amides is 2. The van der Waals surface area contributed by atoms with Crippen LogP contribution in [0.2, 0.25) is 0 Å². The molecule has 0 atom stereocenters. The molecule has 0 saturated carbocycles. The molecule has 0 spiro atoms. The van der Waals surface area contributed by atoms with E-state index >= 15 is 0 Å². The summed E-state index contributed by atoms with van der Waals surface area (Å²) in [5.74, 6) is -0.283. The van der Waals surface area contributed by atoms with Crippen LogP contribution in [0.15, 0.2) is 60.8 Å². The largest absolute Gasteiger partial charge is 0.483 e. The van der Waals surface area contributed by atoms with E-state index in [0.29, 0.717) is 22.7 Å². The maximum absolute atomic E-state index is 12.2. The van der Waals surface area contributed by atoms with Crippen LogP contribution in [0.25, 0.3) is 0 Å². The van der Waals surface area contributed by atoms with E-state index in [1.54, 1.807) is 31.2 Å². The molecule has 0 fully saturated rings. The first kappa shape index (κ1) is 21.0. The molecule has 0 aliphatic heterocycles. The van der Waals surface area contributed by atoms with Gasteiger partial charge in [-0.1, -0.05) is 18.7 Å². The average molecular weight is 381 g/mol. The predicted octanol–water partition coefficient (Wildman–Crippen LogP) is 3.81. The fourth-order valence-electron chi connectivity index (χ4n) is 2.73. The van der Waals surface area contributed by atoms with Crippen LogP contribution in [0.1, 0.15) is 31.1 Å². The summed E-state index contributed by atoms with van der Waals surface area (Å²) in [7, 11) is 0. The molecule has 6 heteroatoms. The van der Waals surface area contributed by atoms with Crippen molar-refractivity contribution in [2.75, 3.05) is 29.9 Å². The van der Waals surface area contributed by atoms with Crippen LogP contribution in [-0.4, -0.2) is 31.5 Å².